The van der Waals surface area contributed by atoms with E-state index < -0.39 is 24.1 Å². The predicted molar refractivity (Wildman–Crippen MR) is 57.0 cm³/mol. The van der Waals surface area contributed by atoms with Crippen LogP contribution in [0.5, 0.6) is 5.75 Å². The molecule has 0 amide bonds. The van der Waals surface area contributed by atoms with Crippen LogP contribution in [0, 0.1) is 5.82 Å². The van der Waals surface area contributed by atoms with Crippen molar-refractivity contribution in [3.05, 3.63) is 29.1 Å². The molecule has 0 aromatic heterocycles. The van der Waals surface area contributed by atoms with E-state index in [1.165, 1.54) is 0 Å². The Morgan fingerprint density at radius 3 is 2.59 bits per heavy atom. The number of alkyl halides is 3. The molecule has 0 radical (unpaired) electrons. The van der Waals surface area contributed by atoms with Gasteiger partial charge in [0.05, 0.1) is 7.11 Å². The van der Waals surface area contributed by atoms with Crippen LogP contribution in [0.4, 0.5) is 13.2 Å². The maximum atomic E-state index is 13.4. The van der Waals surface area contributed by atoms with Crippen molar-refractivity contribution in [1.29, 1.82) is 0 Å². The first-order valence-electron chi connectivity index (χ1n) is 4.41. The summed E-state index contributed by atoms with van der Waals surface area (Å²) in [5.41, 5.74) is -0.275. The van der Waals surface area contributed by atoms with E-state index >= 15 is 0 Å². The fourth-order valence-corrected chi connectivity index (χ4v) is 1.59. The van der Waals surface area contributed by atoms with Gasteiger partial charge in [-0.15, -0.1) is 0 Å². The van der Waals surface area contributed by atoms with Crippen molar-refractivity contribution in [2.45, 2.75) is 11.9 Å². The first-order valence-corrected chi connectivity index (χ1v) is 5.53. The zero-order valence-electron chi connectivity index (χ0n) is 8.68. The third kappa shape index (κ3) is 3.36. The van der Waals surface area contributed by atoms with Gasteiger partial charge in [-0.3, -0.25) is 0 Å². The molecule has 0 aliphatic rings. The minimum atomic E-state index is -3.10. The smallest absolute Gasteiger partial charge is 0.387 e. The van der Waals surface area contributed by atoms with Crippen molar-refractivity contribution in [1.82, 2.24) is 0 Å². The second-order valence-electron chi connectivity index (χ2n) is 2.94. The van der Waals surface area contributed by atoms with Crippen molar-refractivity contribution in [2.75, 3.05) is 7.11 Å². The maximum Gasteiger partial charge on any atom is 0.387 e. The van der Waals surface area contributed by atoms with Gasteiger partial charge >= 0.3 is 12.6 Å². The topological polar surface area (TPSA) is 35.5 Å². The summed E-state index contributed by atoms with van der Waals surface area (Å²) in [7, 11) is 1.06. The van der Waals surface area contributed by atoms with Gasteiger partial charge in [0.25, 0.3) is 0 Å². The summed E-state index contributed by atoms with van der Waals surface area (Å²) in [4.78, 5) is 11.2. The number of halogens is 4. The molecule has 0 bridgehead atoms. The molecule has 94 valence electrons. The molecule has 3 nitrogen and oxygen atoms in total. The molecule has 0 saturated carbocycles. The van der Waals surface area contributed by atoms with Crippen LogP contribution < -0.4 is 4.74 Å². The van der Waals surface area contributed by atoms with E-state index in [0.717, 1.165) is 19.2 Å². The van der Waals surface area contributed by atoms with Crippen LogP contribution in [0.2, 0.25) is 0 Å². The van der Waals surface area contributed by atoms with Crippen LogP contribution in [-0.2, 0) is 10.1 Å². The van der Waals surface area contributed by atoms with Crippen molar-refractivity contribution >= 4 is 21.9 Å². The largest absolute Gasteiger partial charge is 0.465 e. The number of rotatable bonds is 4. The summed E-state index contributed by atoms with van der Waals surface area (Å²) in [6.07, 6.45) is 0. The van der Waals surface area contributed by atoms with Gasteiger partial charge < -0.3 is 9.47 Å². The van der Waals surface area contributed by atoms with Crippen LogP contribution in [0.1, 0.15) is 15.9 Å². The van der Waals surface area contributed by atoms with E-state index in [0.29, 0.717) is 0 Å². The average Bonchev–Trinajstić information content (AvgIpc) is 2.29. The van der Waals surface area contributed by atoms with Crippen LogP contribution in [0.3, 0.4) is 0 Å². The Bertz CT molecular complexity index is 424. The van der Waals surface area contributed by atoms with Gasteiger partial charge in [0.2, 0.25) is 0 Å². The van der Waals surface area contributed by atoms with Crippen LogP contribution >= 0.6 is 15.9 Å². The Kier molecular flexibility index (Phi) is 4.80. The number of benzene rings is 1. The second-order valence-corrected chi connectivity index (χ2v) is 3.50. The van der Waals surface area contributed by atoms with Gasteiger partial charge in [0.1, 0.15) is 17.1 Å². The van der Waals surface area contributed by atoms with Crippen LogP contribution in [0.25, 0.3) is 0 Å². The molecule has 0 fully saturated rings. The number of carbonyl (C=O) groups is 1. The van der Waals surface area contributed by atoms with E-state index in [9.17, 15) is 18.0 Å². The second kappa shape index (κ2) is 5.90. The lowest BCUT2D eigenvalue weighted by Crippen LogP contribution is -2.10. The number of carbonyl (C=O) groups excluding carboxylic acids is 1. The number of ether oxygens (including phenoxy) is 2. The Morgan fingerprint density at radius 1 is 1.47 bits per heavy atom. The molecular formula is C10H8BrF3O3. The Morgan fingerprint density at radius 2 is 2.12 bits per heavy atom. The van der Waals surface area contributed by atoms with E-state index in [4.69, 9.17) is 0 Å². The Balaban J connectivity index is 3.25. The molecule has 0 N–H and O–H groups in total. The van der Waals surface area contributed by atoms with E-state index in [2.05, 4.69) is 25.4 Å². The summed E-state index contributed by atoms with van der Waals surface area (Å²) in [6, 6.07) is 1.84. The minimum absolute atomic E-state index is 0.105. The predicted octanol–water partition coefficient (Wildman–Crippen LogP) is 3.11. The lowest BCUT2D eigenvalue weighted by atomic mass is 10.1. The first-order chi connectivity index (χ1) is 7.99. The highest BCUT2D eigenvalue weighted by atomic mass is 79.9. The lowest BCUT2D eigenvalue weighted by Gasteiger charge is -2.11. The monoisotopic (exact) mass is 312 g/mol. The molecule has 0 spiro atoms. The molecule has 17 heavy (non-hydrogen) atoms. The molecule has 0 aliphatic carbocycles. The number of methoxy groups -OCH3 is 1. The third-order valence-corrected chi connectivity index (χ3v) is 2.52. The SMILES string of the molecule is COC(=O)c1cc(F)c(CBr)cc1OC(F)F. The van der Waals surface area contributed by atoms with Crippen molar-refractivity contribution in [3.8, 4) is 5.75 Å². The fourth-order valence-electron chi connectivity index (χ4n) is 1.16. The quantitative estimate of drug-likeness (QED) is 0.633. The number of hydrogen-bond acceptors (Lipinski definition) is 3. The van der Waals surface area contributed by atoms with E-state index in [-0.39, 0.29) is 16.5 Å². The molecule has 0 atom stereocenters. The third-order valence-electron chi connectivity index (χ3n) is 1.91. The molecule has 7 heteroatoms. The van der Waals surface area contributed by atoms with E-state index in [1.54, 1.807) is 0 Å². The van der Waals surface area contributed by atoms with Crippen molar-refractivity contribution in [3.63, 3.8) is 0 Å². The molecule has 0 aliphatic heterocycles. The molecular weight excluding hydrogens is 305 g/mol. The summed E-state index contributed by atoms with van der Waals surface area (Å²) < 4.78 is 46.1. The Hall–Kier alpha value is -1.24. The summed E-state index contributed by atoms with van der Waals surface area (Å²) in [5, 5.41) is 0.111. The molecule has 1 aromatic carbocycles. The lowest BCUT2D eigenvalue weighted by molar-refractivity contribution is -0.0504. The Labute approximate surface area is 104 Å². The van der Waals surface area contributed by atoms with Gasteiger partial charge in [-0.1, -0.05) is 15.9 Å². The fraction of sp³-hybridized carbons (Fsp3) is 0.300. The summed E-state index contributed by atoms with van der Waals surface area (Å²) in [6.45, 7) is -3.10. The zero-order valence-corrected chi connectivity index (χ0v) is 10.3. The van der Waals surface area contributed by atoms with Gasteiger partial charge in [-0.05, 0) is 12.1 Å². The normalized spacial score (nSPS) is 10.5. The first kappa shape index (κ1) is 13.8. The van der Waals surface area contributed by atoms with Crippen molar-refractivity contribution < 1.29 is 27.4 Å². The van der Waals surface area contributed by atoms with Gasteiger partial charge in [0.15, 0.2) is 0 Å². The van der Waals surface area contributed by atoms with E-state index in [1.807, 2.05) is 0 Å². The highest BCUT2D eigenvalue weighted by Crippen LogP contribution is 2.26. The average molecular weight is 313 g/mol. The van der Waals surface area contributed by atoms with Crippen LogP contribution in [0.15, 0.2) is 12.1 Å². The van der Waals surface area contributed by atoms with Crippen LogP contribution in [-0.4, -0.2) is 19.7 Å². The minimum Gasteiger partial charge on any atom is -0.465 e. The van der Waals surface area contributed by atoms with Gasteiger partial charge in [-0.2, -0.15) is 8.78 Å². The van der Waals surface area contributed by atoms with Gasteiger partial charge in [-0.25, -0.2) is 9.18 Å². The summed E-state index contributed by atoms with van der Waals surface area (Å²) >= 11 is 2.99. The highest BCUT2D eigenvalue weighted by Gasteiger charge is 2.19. The maximum absolute atomic E-state index is 13.4. The zero-order chi connectivity index (χ0) is 13.0. The molecule has 0 saturated heterocycles. The molecule has 0 heterocycles. The number of esters is 1. The summed E-state index contributed by atoms with van der Waals surface area (Å²) in [5.74, 6) is -2.06. The van der Waals surface area contributed by atoms with Crippen molar-refractivity contribution in [2.24, 2.45) is 0 Å². The number of hydrogen-bond donors (Lipinski definition) is 0. The molecule has 0 unspecified atom stereocenters. The van der Waals surface area contributed by atoms with Gasteiger partial charge in [0, 0.05) is 10.9 Å². The standard InChI is InChI=1S/C10H8BrF3O3/c1-16-9(15)6-3-7(12)5(4-11)2-8(6)17-10(13)14/h2-3,10H,4H2,1H3. The highest BCUT2D eigenvalue weighted by molar-refractivity contribution is 9.08. The molecule has 1 aromatic rings. The molecule has 1 rings (SSSR count).